The molecule has 0 aromatic carbocycles. The molecule has 2 aliphatic carbocycles. The van der Waals surface area contributed by atoms with E-state index in [1.54, 1.807) is 0 Å². The van der Waals surface area contributed by atoms with Crippen LogP contribution in [-0.2, 0) is 6.42 Å². The molecule has 1 saturated carbocycles. The summed E-state index contributed by atoms with van der Waals surface area (Å²) in [6.07, 6.45) is 5.65. The number of rotatable bonds is 2. The third-order valence-corrected chi connectivity index (χ3v) is 4.67. The van der Waals surface area contributed by atoms with Crippen molar-refractivity contribution in [1.82, 2.24) is 5.32 Å². The molecule has 0 unspecified atom stereocenters. The van der Waals surface area contributed by atoms with E-state index in [9.17, 15) is 9.59 Å². The van der Waals surface area contributed by atoms with Crippen molar-refractivity contribution in [3.63, 3.8) is 0 Å². The van der Waals surface area contributed by atoms with Crippen LogP contribution in [0, 0.1) is 12.3 Å². The van der Waals surface area contributed by atoms with Crippen LogP contribution >= 0.6 is 0 Å². The first-order valence-electron chi connectivity index (χ1n) is 7.84. The van der Waals surface area contributed by atoms with Crippen LogP contribution in [0.2, 0.25) is 0 Å². The lowest BCUT2D eigenvalue weighted by Crippen LogP contribution is -2.32. The summed E-state index contributed by atoms with van der Waals surface area (Å²) < 4.78 is 5.78. The van der Waals surface area contributed by atoms with Gasteiger partial charge in [0.1, 0.15) is 5.76 Å². The lowest BCUT2D eigenvalue weighted by Gasteiger charge is -2.27. The van der Waals surface area contributed by atoms with Crippen LogP contribution in [0.4, 0.5) is 0 Å². The second kappa shape index (κ2) is 5.00. The third kappa shape index (κ3) is 2.63. The molecule has 0 bridgehead atoms. The number of Topliss-reactive ketones (excluding diaryl/α,β-unsaturated/α-hetero) is 1. The van der Waals surface area contributed by atoms with Crippen molar-refractivity contribution in [3.05, 3.63) is 22.6 Å². The molecular weight excluding hydrogens is 266 g/mol. The van der Waals surface area contributed by atoms with Crippen molar-refractivity contribution in [2.45, 2.75) is 65.3 Å². The van der Waals surface area contributed by atoms with E-state index >= 15 is 0 Å². The highest BCUT2D eigenvalue weighted by Gasteiger charge is 2.37. The molecule has 3 rings (SSSR count). The number of amides is 1. The fraction of sp³-hybridized carbons (Fsp3) is 0.647. The quantitative estimate of drug-likeness (QED) is 0.907. The predicted molar refractivity (Wildman–Crippen MR) is 79.6 cm³/mol. The summed E-state index contributed by atoms with van der Waals surface area (Å²) >= 11 is 0. The minimum absolute atomic E-state index is 0.0897. The summed E-state index contributed by atoms with van der Waals surface area (Å²) in [5.41, 5.74) is 1.26. The highest BCUT2D eigenvalue weighted by atomic mass is 16.4. The molecule has 2 aliphatic rings. The Hall–Kier alpha value is -1.58. The standard InChI is InChI=1S/C17H23NO3/c1-10-14-12(19)8-17(2,3)9-13(14)21-15(10)16(20)18-11-6-4-5-7-11/h11H,4-9H2,1-3H3,(H,18,20). The lowest BCUT2D eigenvalue weighted by molar-refractivity contribution is 0.0882. The second-order valence-corrected chi connectivity index (χ2v) is 7.25. The summed E-state index contributed by atoms with van der Waals surface area (Å²) in [4.78, 5) is 24.7. The van der Waals surface area contributed by atoms with Crippen LogP contribution in [0.25, 0.3) is 0 Å². The maximum Gasteiger partial charge on any atom is 0.287 e. The lowest BCUT2D eigenvalue weighted by atomic mass is 9.76. The van der Waals surface area contributed by atoms with Gasteiger partial charge in [-0.25, -0.2) is 0 Å². The van der Waals surface area contributed by atoms with Gasteiger partial charge in [0.2, 0.25) is 0 Å². The molecule has 1 N–H and O–H groups in total. The molecule has 1 aromatic heterocycles. The van der Waals surface area contributed by atoms with Gasteiger partial charge in [0.15, 0.2) is 11.5 Å². The molecule has 4 heteroatoms. The van der Waals surface area contributed by atoms with Crippen molar-refractivity contribution in [2.24, 2.45) is 5.41 Å². The summed E-state index contributed by atoms with van der Waals surface area (Å²) in [5.74, 6) is 0.949. The third-order valence-electron chi connectivity index (χ3n) is 4.67. The summed E-state index contributed by atoms with van der Waals surface area (Å²) in [6, 6.07) is 0.256. The maximum absolute atomic E-state index is 12.4. The molecule has 21 heavy (non-hydrogen) atoms. The SMILES string of the molecule is Cc1c(C(=O)NC2CCCC2)oc2c1C(=O)CC(C)(C)C2. The zero-order chi connectivity index (χ0) is 15.2. The van der Waals surface area contributed by atoms with Gasteiger partial charge in [0.25, 0.3) is 5.91 Å². The van der Waals surface area contributed by atoms with Gasteiger partial charge in [-0.1, -0.05) is 26.7 Å². The van der Waals surface area contributed by atoms with Crippen molar-refractivity contribution in [2.75, 3.05) is 0 Å². The monoisotopic (exact) mass is 289 g/mol. The van der Waals surface area contributed by atoms with Crippen molar-refractivity contribution >= 4 is 11.7 Å². The number of hydrogen-bond acceptors (Lipinski definition) is 3. The van der Waals surface area contributed by atoms with Gasteiger partial charge in [-0.2, -0.15) is 0 Å². The van der Waals surface area contributed by atoms with E-state index in [1.807, 2.05) is 6.92 Å². The van der Waals surface area contributed by atoms with E-state index in [0.29, 0.717) is 35.5 Å². The van der Waals surface area contributed by atoms with Crippen LogP contribution < -0.4 is 5.32 Å². The number of nitrogens with one attached hydrogen (secondary N) is 1. The molecule has 1 heterocycles. The number of carbonyl (C=O) groups is 2. The van der Waals surface area contributed by atoms with Gasteiger partial charge >= 0.3 is 0 Å². The number of ketones is 1. The Balaban J connectivity index is 1.87. The maximum atomic E-state index is 12.4. The molecule has 0 aliphatic heterocycles. The van der Waals surface area contributed by atoms with E-state index in [0.717, 1.165) is 12.8 Å². The zero-order valence-electron chi connectivity index (χ0n) is 13.0. The van der Waals surface area contributed by atoms with Crippen molar-refractivity contribution in [1.29, 1.82) is 0 Å². The summed E-state index contributed by atoms with van der Waals surface area (Å²) in [6.45, 7) is 5.94. The zero-order valence-corrected chi connectivity index (χ0v) is 13.0. The van der Waals surface area contributed by atoms with Gasteiger partial charge in [0.05, 0.1) is 5.56 Å². The smallest absolute Gasteiger partial charge is 0.287 e. The second-order valence-electron chi connectivity index (χ2n) is 7.25. The van der Waals surface area contributed by atoms with Crippen LogP contribution in [0.15, 0.2) is 4.42 Å². The van der Waals surface area contributed by atoms with Crippen LogP contribution in [-0.4, -0.2) is 17.7 Å². The Kier molecular flexibility index (Phi) is 3.42. The first-order chi connectivity index (χ1) is 9.87. The van der Waals surface area contributed by atoms with E-state index in [2.05, 4.69) is 19.2 Å². The van der Waals surface area contributed by atoms with Crippen LogP contribution in [0.1, 0.15) is 78.2 Å². The van der Waals surface area contributed by atoms with E-state index in [4.69, 9.17) is 4.42 Å². The molecule has 1 fully saturated rings. The van der Waals surface area contributed by atoms with E-state index in [1.165, 1.54) is 12.8 Å². The number of furan rings is 1. The average Bonchev–Trinajstić information content (AvgIpc) is 2.95. The van der Waals surface area contributed by atoms with Gasteiger partial charge in [-0.15, -0.1) is 0 Å². The Labute approximate surface area is 125 Å². The molecule has 1 amide bonds. The Bertz CT molecular complexity index is 591. The number of hydrogen-bond donors (Lipinski definition) is 1. The minimum atomic E-state index is -0.167. The molecule has 4 nitrogen and oxygen atoms in total. The summed E-state index contributed by atoms with van der Waals surface area (Å²) in [7, 11) is 0. The Morgan fingerprint density at radius 2 is 1.90 bits per heavy atom. The van der Waals surface area contributed by atoms with Crippen molar-refractivity contribution in [3.8, 4) is 0 Å². The average molecular weight is 289 g/mol. The van der Waals surface area contributed by atoms with Gasteiger partial charge in [0, 0.05) is 24.4 Å². The van der Waals surface area contributed by atoms with Crippen molar-refractivity contribution < 1.29 is 14.0 Å². The first kappa shape index (κ1) is 14.4. The highest BCUT2D eigenvalue weighted by molar-refractivity contribution is 6.03. The van der Waals surface area contributed by atoms with E-state index < -0.39 is 0 Å². The molecular formula is C17H23NO3. The number of fused-ring (bicyclic) bond motifs is 1. The highest BCUT2D eigenvalue weighted by Crippen LogP contribution is 2.38. The van der Waals surface area contributed by atoms with Crippen LogP contribution in [0.5, 0.6) is 0 Å². The fourth-order valence-corrected chi connectivity index (χ4v) is 3.62. The summed E-state index contributed by atoms with van der Waals surface area (Å²) in [5, 5.41) is 3.04. The number of carbonyl (C=O) groups excluding carboxylic acids is 2. The Morgan fingerprint density at radius 3 is 2.57 bits per heavy atom. The molecule has 0 atom stereocenters. The van der Waals surface area contributed by atoms with Gasteiger partial charge < -0.3 is 9.73 Å². The topological polar surface area (TPSA) is 59.3 Å². The Morgan fingerprint density at radius 1 is 1.24 bits per heavy atom. The normalized spacial score (nSPS) is 21.4. The molecule has 114 valence electrons. The molecule has 1 aromatic rings. The van der Waals surface area contributed by atoms with Gasteiger partial charge in [-0.3, -0.25) is 9.59 Å². The van der Waals surface area contributed by atoms with E-state index in [-0.39, 0.29) is 23.1 Å². The molecule has 0 radical (unpaired) electrons. The molecule has 0 spiro atoms. The predicted octanol–water partition coefficient (Wildman–Crippen LogP) is 3.42. The first-order valence-corrected chi connectivity index (χ1v) is 7.84. The fourth-order valence-electron chi connectivity index (χ4n) is 3.62. The minimum Gasteiger partial charge on any atom is -0.455 e. The largest absolute Gasteiger partial charge is 0.455 e. The van der Waals surface area contributed by atoms with Gasteiger partial charge in [-0.05, 0) is 25.2 Å². The molecule has 0 saturated heterocycles. The van der Waals surface area contributed by atoms with Crippen LogP contribution in [0.3, 0.4) is 0 Å².